The number of benzene rings is 2. The molecule has 5 heteroatoms. The van der Waals surface area contributed by atoms with Crippen molar-refractivity contribution in [2.45, 2.75) is 6.42 Å². The Morgan fingerprint density at radius 2 is 1.95 bits per heavy atom. The van der Waals surface area contributed by atoms with Gasteiger partial charge in [0.05, 0.1) is 21.4 Å². The van der Waals surface area contributed by atoms with Crippen LogP contribution in [0.3, 0.4) is 0 Å². The molecule has 0 saturated carbocycles. The lowest BCUT2D eigenvalue weighted by molar-refractivity contribution is 0.626. The van der Waals surface area contributed by atoms with E-state index in [0.29, 0.717) is 17.7 Å². The summed E-state index contributed by atoms with van der Waals surface area (Å²) in [7, 11) is 0. The number of rotatable bonds is 3. The average Bonchev–Trinajstić information content (AvgIpc) is 2.94. The summed E-state index contributed by atoms with van der Waals surface area (Å²) in [4.78, 5) is 4.57. The number of aromatic nitrogens is 1. The second kappa shape index (κ2) is 5.84. The Morgan fingerprint density at radius 1 is 1.19 bits per heavy atom. The number of halogens is 2. The predicted octanol–water partition coefficient (Wildman–Crippen LogP) is 4.78. The summed E-state index contributed by atoms with van der Waals surface area (Å²) in [5, 5.41) is 3.11. The Hall–Kier alpha value is -1.91. The molecule has 3 aromatic rings. The summed E-state index contributed by atoms with van der Waals surface area (Å²) in [5.41, 5.74) is 8.94. The van der Waals surface area contributed by atoms with Gasteiger partial charge in [0.1, 0.15) is 5.82 Å². The van der Waals surface area contributed by atoms with Gasteiger partial charge in [0.25, 0.3) is 0 Å². The SMILES string of the molecule is Nc1c(Cl)cc(F)cc1Cc1nc(-c2ccccc2)cs1. The molecule has 0 aliphatic rings. The van der Waals surface area contributed by atoms with Crippen molar-refractivity contribution < 1.29 is 4.39 Å². The Bertz CT molecular complexity index is 771. The molecule has 0 fully saturated rings. The van der Waals surface area contributed by atoms with Gasteiger partial charge < -0.3 is 5.73 Å². The van der Waals surface area contributed by atoms with Gasteiger partial charge in [-0.2, -0.15) is 0 Å². The average molecular weight is 319 g/mol. The number of nitrogens with zero attached hydrogens (tertiary/aromatic N) is 1. The minimum atomic E-state index is -0.385. The maximum Gasteiger partial charge on any atom is 0.125 e. The van der Waals surface area contributed by atoms with Crippen molar-refractivity contribution in [3.05, 3.63) is 69.3 Å². The summed E-state index contributed by atoms with van der Waals surface area (Å²) in [6, 6.07) is 12.5. The number of anilines is 1. The van der Waals surface area contributed by atoms with Crippen LogP contribution in [-0.2, 0) is 6.42 Å². The van der Waals surface area contributed by atoms with Gasteiger partial charge in [0.15, 0.2) is 0 Å². The predicted molar refractivity (Wildman–Crippen MR) is 86.2 cm³/mol. The molecule has 106 valence electrons. The fraction of sp³-hybridized carbons (Fsp3) is 0.0625. The molecular weight excluding hydrogens is 307 g/mol. The second-order valence-electron chi connectivity index (χ2n) is 4.63. The number of nitrogen functional groups attached to an aromatic ring is 1. The molecule has 2 aromatic carbocycles. The molecule has 0 spiro atoms. The lowest BCUT2D eigenvalue weighted by atomic mass is 10.1. The fourth-order valence-corrected chi connectivity index (χ4v) is 3.13. The van der Waals surface area contributed by atoms with Crippen molar-refractivity contribution in [1.82, 2.24) is 4.98 Å². The summed E-state index contributed by atoms with van der Waals surface area (Å²) in [5.74, 6) is -0.385. The normalized spacial score (nSPS) is 10.8. The molecule has 0 bridgehead atoms. The third-order valence-electron chi connectivity index (χ3n) is 3.14. The summed E-state index contributed by atoms with van der Waals surface area (Å²) >= 11 is 7.43. The third kappa shape index (κ3) is 3.06. The van der Waals surface area contributed by atoms with Crippen molar-refractivity contribution in [1.29, 1.82) is 0 Å². The summed E-state index contributed by atoms with van der Waals surface area (Å²) in [6.45, 7) is 0. The largest absolute Gasteiger partial charge is 0.397 e. The van der Waals surface area contributed by atoms with Gasteiger partial charge in [-0.3, -0.25) is 0 Å². The first-order valence-electron chi connectivity index (χ1n) is 6.36. The van der Waals surface area contributed by atoms with E-state index in [4.69, 9.17) is 17.3 Å². The van der Waals surface area contributed by atoms with Gasteiger partial charge in [0.2, 0.25) is 0 Å². The molecule has 2 N–H and O–H groups in total. The zero-order valence-corrected chi connectivity index (χ0v) is 12.6. The quantitative estimate of drug-likeness (QED) is 0.706. The van der Waals surface area contributed by atoms with Gasteiger partial charge in [-0.05, 0) is 17.7 Å². The van der Waals surface area contributed by atoms with Gasteiger partial charge >= 0.3 is 0 Å². The lowest BCUT2D eigenvalue weighted by Crippen LogP contribution is -1.98. The minimum Gasteiger partial charge on any atom is -0.397 e. The van der Waals surface area contributed by atoms with E-state index in [0.717, 1.165) is 16.3 Å². The Morgan fingerprint density at radius 3 is 2.71 bits per heavy atom. The van der Waals surface area contributed by atoms with Gasteiger partial charge in [-0.15, -0.1) is 11.3 Å². The first-order valence-corrected chi connectivity index (χ1v) is 7.62. The minimum absolute atomic E-state index is 0.241. The Balaban J connectivity index is 1.89. The number of hydrogen-bond acceptors (Lipinski definition) is 3. The van der Waals surface area contributed by atoms with Crippen molar-refractivity contribution in [3.63, 3.8) is 0 Å². The zero-order valence-electron chi connectivity index (χ0n) is 11.0. The first kappa shape index (κ1) is 14.0. The highest BCUT2D eigenvalue weighted by molar-refractivity contribution is 7.10. The van der Waals surface area contributed by atoms with E-state index in [2.05, 4.69) is 4.98 Å². The van der Waals surface area contributed by atoms with Gasteiger partial charge in [-0.25, -0.2) is 9.37 Å². The molecule has 0 atom stereocenters. The van der Waals surface area contributed by atoms with Crippen LogP contribution in [0, 0.1) is 5.82 Å². The van der Waals surface area contributed by atoms with Crippen LogP contribution in [0.1, 0.15) is 10.6 Å². The van der Waals surface area contributed by atoms with E-state index in [1.807, 2.05) is 35.7 Å². The zero-order chi connectivity index (χ0) is 14.8. The van der Waals surface area contributed by atoms with E-state index < -0.39 is 0 Å². The van der Waals surface area contributed by atoms with Crippen LogP contribution in [-0.4, -0.2) is 4.98 Å². The third-order valence-corrected chi connectivity index (χ3v) is 4.30. The van der Waals surface area contributed by atoms with Crippen LogP contribution < -0.4 is 5.73 Å². The number of hydrogen-bond donors (Lipinski definition) is 1. The van der Waals surface area contributed by atoms with Crippen LogP contribution in [0.15, 0.2) is 47.8 Å². The number of nitrogens with two attached hydrogens (primary N) is 1. The molecule has 0 radical (unpaired) electrons. The van der Waals surface area contributed by atoms with Gasteiger partial charge in [-0.1, -0.05) is 41.9 Å². The highest BCUT2D eigenvalue weighted by atomic mass is 35.5. The van der Waals surface area contributed by atoms with Crippen molar-refractivity contribution >= 4 is 28.6 Å². The van der Waals surface area contributed by atoms with Crippen LogP contribution in [0.4, 0.5) is 10.1 Å². The topological polar surface area (TPSA) is 38.9 Å². The lowest BCUT2D eigenvalue weighted by Gasteiger charge is -2.06. The van der Waals surface area contributed by atoms with E-state index in [-0.39, 0.29) is 10.8 Å². The van der Waals surface area contributed by atoms with E-state index in [1.54, 1.807) is 0 Å². The van der Waals surface area contributed by atoms with Crippen LogP contribution >= 0.6 is 22.9 Å². The molecule has 0 unspecified atom stereocenters. The maximum atomic E-state index is 13.4. The highest BCUT2D eigenvalue weighted by Crippen LogP contribution is 2.28. The van der Waals surface area contributed by atoms with E-state index >= 15 is 0 Å². The van der Waals surface area contributed by atoms with Crippen LogP contribution in [0.5, 0.6) is 0 Å². The van der Waals surface area contributed by atoms with Crippen molar-refractivity contribution in [2.24, 2.45) is 0 Å². The molecule has 21 heavy (non-hydrogen) atoms. The molecule has 0 saturated heterocycles. The Labute approximate surface area is 131 Å². The van der Waals surface area contributed by atoms with Crippen molar-refractivity contribution in [3.8, 4) is 11.3 Å². The van der Waals surface area contributed by atoms with E-state index in [1.165, 1.54) is 23.5 Å². The monoisotopic (exact) mass is 318 g/mol. The maximum absolute atomic E-state index is 13.4. The molecule has 0 amide bonds. The van der Waals surface area contributed by atoms with Crippen LogP contribution in [0.25, 0.3) is 11.3 Å². The molecular formula is C16H12ClFN2S. The summed E-state index contributed by atoms with van der Waals surface area (Å²) in [6.07, 6.45) is 0.473. The fourth-order valence-electron chi connectivity index (χ4n) is 2.08. The smallest absolute Gasteiger partial charge is 0.125 e. The molecule has 0 aliphatic heterocycles. The molecule has 1 aromatic heterocycles. The molecule has 3 rings (SSSR count). The highest BCUT2D eigenvalue weighted by Gasteiger charge is 2.10. The van der Waals surface area contributed by atoms with Gasteiger partial charge in [0, 0.05) is 17.4 Å². The number of thiazole rings is 1. The molecule has 0 aliphatic carbocycles. The van der Waals surface area contributed by atoms with E-state index in [9.17, 15) is 4.39 Å². The molecule has 1 heterocycles. The summed E-state index contributed by atoms with van der Waals surface area (Å²) < 4.78 is 13.4. The first-order chi connectivity index (χ1) is 10.1. The van der Waals surface area contributed by atoms with Crippen molar-refractivity contribution in [2.75, 3.05) is 5.73 Å². The standard InChI is InChI=1S/C16H12ClFN2S/c17-13-8-12(18)6-11(16(13)19)7-15-20-14(9-21-15)10-4-2-1-3-5-10/h1-6,8-9H,7,19H2. The Kier molecular flexibility index (Phi) is 3.90. The molecule has 2 nitrogen and oxygen atoms in total. The second-order valence-corrected chi connectivity index (χ2v) is 5.98. The van der Waals surface area contributed by atoms with Crippen LogP contribution in [0.2, 0.25) is 5.02 Å².